The van der Waals surface area contributed by atoms with Gasteiger partial charge < -0.3 is 5.11 Å². The summed E-state index contributed by atoms with van der Waals surface area (Å²) < 4.78 is 1.11. The molecule has 3 rings (SSSR count). The number of phenolic OH excluding ortho intramolecular Hbond substituents is 1. The first-order valence-electron chi connectivity index (χ1n) is 6.26. The Labute approximate surface area is 130 Å². The fraction of sp³-hybridized carbons (Fsp3) is 0.0667. The van der Waals surface area contributed by atoms with E-state index in [1.165, 1.54) is 29.2 Å². The molecule has 0 saturated heterocycles. The van der Waals surface area contributed by atoms with Gasteiger partial charge in [0, 0.05) is 10.6 Å². The first-order chi connectivity index (χ1) is 10.1. The van der Waals surface area contributed by atoms with E-state index in [2.05, 4.69) is 21.6 Å². The van der Waals surface area contributed by atoms with Gasteiger partial charge in [0.2, 0.25) is 5.13 Å². The average molecular weight is 318 g/mol. The molecule has 0 unspecified atom stereocenters. The van der Waals surface area contributed by atoms with E-state index in [0.29, 0.717) is 15.7 Å². The summed E-state index contributed by atoms with van der Waals surface area (Å²) in [7, 11) is 0. The van der Waals surface area contributed by atoms with Crippen molar-refractivity contribution in [3.63, 3.8) is 0 Å². The van der Waals surface area contributed by atoms with Crippen LogP contribution in [0.5, 0.6) is 5.75 Å². The molecule has 0 spiro atoms. The second-order valence-electron chi connectivity index (χ2n) is 4.56. The summed E-state index contributed by atoms with van der Waals surface area (Å²) in [5.41, 5.74) is 5.56. The Bertz CT molecular complexity index is 829. The van der Waals surface area contributed by atoms with Crippen LogP contribution in [0.15, 0.2) is 41.5 Å². The van der Waals surface area contributed by atoms with Gasteiger partial charge in [-0.3, -0.25) is 5.43 Å². The van der Waals surface area contributed by atoms with E-state index in [4.69, 9.17) is 11.6 Å². The van der Waals surface area contributed by atoms with Crippen molar-refractivity contribution in [3.05, 3.63) is 52.5 Å². The molecule has 2 N–H and O–H groups in total. The van der Waals surface area contributed by atoms with E-state index >= 15 is 0 Å². The van der Waals surface area contributed by atoms with E-state index in [-0.39, 0.29) is 5.75 Å². The highest BCUT2D eigenvalue weighted by atomic mass is 35.5. The lowest BCUT2D eigenvalue weighted by Crippen LogP contribution is -1.90. The highest BCUT2D eigenvalue weighted by molar-refractivity contribution is 7.22. The second-order valence-corrected chi connectivity index (χ2v) is 6.03. The molecule has 0 radical (unpaired) electrons. The third kappa shape index (κ3) is 3.15. The molecule has 3 aromatic rings. The molecule has 4 nitrogen and oxygen atoms in total. The van der Waals surface area contributed by atoms with Crippen molar-refractivity contribution in [2.24, 2.45) is 5.10 Å². The number of halogens is 1. The summed E-state index contributed by atoms with van der Waals surface area (Å²) in [6.45, 7) is 2.05. The fourth-order valence-corrected chi connectivity index (χ4v) is 2.96. The van der Waals surface area contributed by atoms with Crippen molar-refractivity contribution in [1.82, 2.24) is 4.98 Å². The number of fused-ring (bicyclic) bond motifs is 1. The van der Waals surface area contributed by atoms with Crippen molar-refractivity contribution in [3.8, 4) is 5.75 Å². The molecule has 0 aliphatic carbocycles. The number of thiazole rings is 1. The molecule has 2 aromatic carbocycles. The molecule has 0 bridgehead atoms. The maximum absolute atomic E-state index is 9.69. The molecule has 0 aliphatic heterocycles. The number of rotatable bonds is 3. The predicted octanol–water partition coefficient (Wildman–Crippen LogP) is 4.41. The van der Waals surface area contributed by atoms with Crippen LogP contribution in [0.4, 0.5) is 5.13 Å². The molecule has 1 aromatic heterocycles. The topological polar surface area (TPSA) is 57.5 Å². The van der Waals surface area contributed by atoms with Crippen LogP contribution in [0.25, 0.3) is 10.2 Å². The molecule has 0 atom stereocenters. The van der Waals surface area contributed by atoms with Gasteiger partial charge in [-0.05, 0) is 42.8 Å². The zero-order chi connectivity index (χ0) is 14.8. The first-order valence-corrected chi connectivity index (χ1v) is 7.46. The van der Waals surface area contributed by atoms with E-state index in [0.717, 1.165) is 10.2 Å². The highest BCUT2D eigenvalue weighted by Gasteiger charge is 2.03. The van der Waals surface area contributed by atoms with E-state index in [1.807, 2.05) is 19.1 Å². The minimum absolute atomic E-state index is 0.130. The molecule has 0 saturated carbocycles. The number of hydrazone groups is 1. The minimum Gasteiger partial charge on any atom is -0.507 e. The van der Waals surface area contributed by atoms with Crippen LogP contribution in [0.1, 0.15) is 11.1 Å². The standard InChI is InChI=1S/C15H12ClN3OS/c1-9-2-4-12-14(6-9)21-15(18-12)19-17-8-10-7-11(16)3-5-13(10)20/h2-8,20H,1H3,(H,18,19). The molecule has 106 valence electrons. The number of phenols is 1. The second kappa shape index (κ2) is 5.71. The number of benzene rings is 2. The van der Waals surface area contributed by atoms with E-state index < -0.39 is 0 Å². The zero-order valence-corrected chi connectivity index (χ0v) is 12.7. The van der Waals surface area contributed by atoms with E-state index in [1.54, 1.807) is 12.1 Å². The summed E-state index contributed by atoms with van der Waals surface area (Å²) in [5.74, 6) is 0.130. The van der Waals surface area contributed by atoms with Gasteiger partial charge in [-0.15, -0.1) is 0 Å². The van der Waals surface area contributed by atoms with Gasteiger partial charge in [-0.2, -0.15) is 5.10 Å². The summed E-state index contributed by atoms with van der Waals surface area (Å²) in [4.78, 5) is 4.43. The SMILES string of the molecule is Cc1ccc2nc(NN=Cc3cc(Cl)ccc3O)sc2c1. The first kappa shape index (κ1) is 13.9. The van der Waals surface area contributed by atoms with Gasteiger partial charge in [-0.25, -0.2) is 4.98 Å². The number of aromatic nitrogens is 1. The Morgan fingerprint density at radius 2 is 2.14 bits per heavy atom. The molecule has 21 heavy (non-hydrogen) atoms. The Balaban J connectivity index is 1.79. The minimum atomic E-state index is 0.130. The smallest absolute Gasteiger partial charge is 0.204 e. The van der Waals surface area contributed by atoms with Gasteiger partial charge in [0.25, 0.3) is 0 Å². The Morgan fingerprint density at radius 1 is 1.29 bits per heavy atom. The highest BCUT2D eigenvalue weighted by Crippen LogP contribution is 2.26. The lowest BCUT2D eigenvalue weighted by atomic mass is 10.2. The van der Waals surface area contributed by atoms with Crippen LogP contribution in [-0.4, -0.2) is 16.3 Å². The number of hydrogen-bond acceptors (Lipinski definition) is 5. The van der Waals surface area contributed by atoms with Crippen molar-refractivity contribution in [2.45, 2.75) is 6.92 Å². The van der Waals surface area contributed by atoms with Gasteiger partial charge >= 0.3 is 0 Å². The van der Waals surface area contributed by atoms with Crippen LogP contribution in [0.3, 0.4) is 0 Å². The third-order valence-electron chi connectivity index (χ3n) is 2.90. The summed E-state index contributed by atoms with van der Waals surface area (Å²) >= 11 is 7.41. The molecular formula is C15H12ClN3OS. The van der Waals surface area contributed by atoms with Crippen LogP contribution >= 0.6 is 22.9 Å². The van der Waals surface area contributed by atoms with Gasteiger partial charge in [0.1, 0.15) is 5.75 Å². The number of aromatic hydroxyl groups is 1. The summed E-state index contributed by atoms with van der Waals surface area (Å²) in [6.07, 6.45) is 1.51. The van der Waals surface area contributed by atoms with Crippen LogP contribution in [0.2, 0.25) is 5.02 Å². The lowest BCUT2D eigenvalue weighted by molar-refractivity contribution is 0.474. The molecule has 1 heterocycles. The number of aryl methyl sites for hydroxylation is 1. The molecule has 6 heteroatoms. The Kier molecular flexibility index (Phi) is 3.77. The van der Waals surface area contributed by atoms with Crippen LogP contribution in [0, 0.1) is 6.92 Å². The lowest BCUT2D eigenvalue weighted by Gasteiger charge is -1.98. The Hall–Kier alpha value is -2.11. The van der Waals surface area contributed by atoms with Crippen LogP contribution in [-0.2, 0) is 0 Å². The normalized spacial score (nSPS) is 11.3. The molecule has 0 aliphatic rings. The van der Waals surface area contributed by atoms with Crippen molar-refractivity contribution >= 4 is 44.5 Å². The summed E-state index contributed by atoms with van der Waals surface area (Å²) in [6, 6.07) is 10.9. The summed E-state index contributed by atoms with van der Waals surface area (Å²) in [5, 5.41) is 15.0. The molecular weight excluding hydrogens is 306 g/mol. The largest absolute Gasteiger partial charge is 0.507 e. The Morgan fingerprint density at radius 3 is 3.00 bits per heavy atom. The van der Waals surface area contributed by atoms with E-state index in [9.17, 15) is 5.11 Å². The number of hydrogen-bond donors (Lipinski definition) is 2. The third-order valence-corrected chi connectivity index (χ3v) is 4.06. The average Bonchev–Trinajstić information content (AvgIpc) is 2.84. The van der Waals surface area contributed by atoms with Gasteiger partial charge in [0.05, 0.1) is 16.4 Å². The van der Waals surface area contributed by atoms with Crippen molar-refractivity contribution < 1.29 is 5.11 Å². The fourth-order valence-electron chi connectivity index (χ4n) is 1.87. The van der Waals surface area contributed by atoms with Gasteiger partial charge in [0.15, 0.2) is 0 Å². The molecule has 0 fully saturated rings. The van der Waals surface area contributed by atoms with Crippen molar-refractivity contribution in [2.75, 3.05) is 5.43 Å². The monoisotopic (exact) mass is 317 g/mol. The maximum Gasteiger partial charge on any atom is 0.204 e. The zero-order valence-electron chi connectivity index (χ0n) is 11.2. The van der Waals surface area contributed by atoms with Crippen LogP contribution < -0.4 is 5.43 Å². The van der Waals surface area contributed by atoms with Crippen molar-refractivity contribution in [1.29, 1.82) is 0 Å². The van der Waals surface area contributed by atoms with Gasteiger partial charge in [-0.1, -0.05) is 29.0 Å². The predicted molar refractivity (Wildman–Crippen MR) is 88.7 cm³/mol. The quantitative estimate of drug-likeness (QED) is 0.555. The number of anilines is 1. The number of nitrogens with zero attached hydrogens (tertiary/aromatic N) is 2. The maximum atomic E-state index is 9.69. The molecule has 0 amide bonds. The number of nitrogens with one attached hydrogen (secondary N) is 1.